The van der Waals surface area contributed by atoms with E-state index in [-0.39, 0.29) is 5.78 Å². The van der Waals surface area contributed by atoms with Gasteiger partial charge in [0, 0.05) is 5.56 Å². The number of alkyl halides is 24. The first-order valence-corrected chi connectivity index (χ1v) is 19.8. The van der Waals surface area contributed by atoms with Gasteiger partial charge in [0.1, 0.15) is 6.15 Å². The molecule has 0 aliphatic heterocycles. The van der Waals surface area contributed by atoms with E-state index in [1.807, 2.05) is 35.8 Å². The number of aryl methyl sites for hydroxylation is 1. The minimum atomic E-state index is -6.13. The quantitative estimate of drug-likeness (QED) is 0.0691. The van der Waals surface area contributed by atoms with Crippen LogP contribution < -0.4 is 26.4 Å². The number of Topliss-reactive ketones (excluding diaryl/α,β-unsaturated/α-hetero) is 1. The fourth-order valence-electron chi connectivity index (χ4n) is 7.66. The van der Waals surface area contributed by atoms with Crippen molar-refractivity contribution in [2.24, 2.45) is 0 Å². The third kappa shape index (κ3) is 13.3. The van der Waals surface area contributed by atoms with Gasteiger partial charge in [-0.05, 0) is 36.8 Å². The largest absolute Gasteiger partial charge is 0.416 e. The summed E-state index contributed by atoms with van der Waals surface area (Å²) in [5, 5.41) is 0. The smallest absolute Gasteiger partial charge is 0.287 e. The Bertz CT molecular complexity index is 2520. The summed E-state index contributed by atoms with van der Waals surface area (Å²) in [7, 11) is 0. The molecule has 0 spiro atoms. The standard InChI is InChI=1S/C32H12BF24.C13H13N2O/c34-25(35,36)13-1-14(26(37,38)39)6-21(5-13)33(22-7-15(27(40,41)42)2-16(8-22)28(43,44)45,23-9-17(29(46,47)48)3-18(10-23)30(49,50)51)24-11-19(31(52,53)54)4-20(12-24)32(55,56)57;1-11-4-2-3-5-12(11)13(16)10-15-8-6-14-7-9-15/h1-12H;2-9H,10H2,1H3/q-1;+1. The SMILES string of the molecule is Cc1ccccc1C(=O)C[n+]1ccncc1.FC(F)(F)c1cc([B-](c2cc(C(F)(F)F)cc(C(F)(F)F)c2)(c2cc(C(F)(F)F)cc(C(F)(F)F)c2)c2cc(C(F)(F)F)cc(C(F)(F)F)c2)cc(C(F)(F)F)c1. The van der Waals surface area contributed by atoms with Crippen LogP contribution in [0, 0.1) is 6.92 Å². The zero-order valence-corrected chi connectivity index (χ0v) is 35.7. The monoisotopic (exact) mass is 1080 g/mol. The Morgan fingerprint density at radius 3 is 0.849 bits per heavy atom. The number of hydrogen-bond donors (Lipinski definition) is 0. The Kier molecular flexibility index (Phi) is 15.3. The number of nitrogens with zero attached hydrogens (tertiary/aromatic N) is 2. The zero-order valence-electron chi connectivity index (χ0n) is 35.7. The van der Waals surface area contributed by atoms with Crippen LogP contribution in [0.15, 0.2) is 122 Å². The van der Waals surface area contributed by atoms with Crippen molar-refractivity contribution in [3.05, 3.63) is 177 Å². The summed E-state index contributed by atoms with van der Waals surface area (Å²) in [6.07, 6.45) is -47.9. The second-order valence-electron chi connectivity index (χ2n) is 15.9. The van der Waals surface area contributed by atoms with Gasteiger partial charge in [-0.2, -0.15) is 132 Å². The average molecular weight is 1080 g/mol. The van der Waals surface area contributed by atoms with Crippen LogP contribution in [0.3, 0.4) is 0 Å². The van der Waals surface area contributed by atoms with Gasteiger partial charge in [0.05, 0.1) is 56.9 Å². The van der Waals surface area contributed by atoms with Crippen molar-refractivity contribution < 1.29 is 115 Å². The van der Waals surface area contributed by atoms with Crippen LogP contribution in [0.1, 0.15) is 60.4 Å². The number of carbonyl (C=O) groups excluding carboxylic acids is 1. The molecular formula is C45H25BF24N2O. The highest BCUT2D eigenvalue weighted by atomic mass is 19.4. The Hall–Kier alpha value is -6.77. The number of carbonyl (C=O) groups is 1. The van der Waals surface area contributed by atoms with Gasteiger partial charge in [-0.3, -0.25) is 9.78 Å². The highest BCUT2D eigenvalue weighted by Crippen LogP contribution is 2.41. The summed E-state index contributed by atoms with van der Waals surface area (Å²) in [5.74, 6) is 0.120. The topological polar surface area (TPSA) is 33.8 Å². The summed E-state index contributed by atoms with van der Waals surface area (Å²) in [6.45, 7) is 2.30. The highest BCUT2D eigenvalue weighted by molar-refractivity contribution is 7.20. The van der Waals surface area contributed by atoms with E-state index in [0.717, 1.165) is 11.1 Å². The Morgan fingerprint density at radius 2 is 0.630 bits per heavy atom. The average Bonchev–Trinajstić information content (AvgIpc) is 3.24. The van der Waals surface area contributed by atoms with Gasteiger partial charge < -0.3 is 0 Å². The summed E-state index contributed by atoms with van der Waals surface area (Å²) >= 11 is 0. The summed E-state index contributed by atoms with van der Waals surface area (Å²) in [5.41, 5.74) is -28.4. The molecule has 5 aromatic carbocycles. The van der Waals surface area contributed by atoms with Crippen LogP contribution >= 0.6 is 0 Å². The first-order chi connectivity index (χ1) is 33.0. The summed E-state index contributed by atoms with van der Waals surface area (Å²) in [4.78, 5) is 15.9. The van der Waals surface area contributed by atoms with Crippen LogP contribution in [0.25, 0.3) is 0 Å². The Morgan fingerprint density at radius 1 is 0.397 bits per heavy atom. The molecule has 0 aliphatic rings. The van der Waals surface area contributed by atoms with E-state index in [2.05, 4.69) is 4.98 Å². The molecular weight excluding hydrogens is 1050 g/mol. The van der Waals surface area contributed by atoms with Crippen LogP contribution in [-0.4, -0.2) is 16.9 Å². The van der Waals surface area contributed by atoms with Gasteiger partial charge in [-0.25, -0.2) is 0 Å². The molecule has 0 unspecified atom stereocenters. The Balaban J connectivity index is 0.000000520. The van der Waals surface area contributed by atoms with E-state index < -0.39 is 195 Å². The van der Waals surface area contributed by atoms with Gasteiger partial charge in [0.2, 0.25) is 12.3 Å². The lowest BCUT2D eigenvalue weighted by Gasteiger charge is -2.46. The minimum absolute atomic E-state index is 0.120. The van der Waals surface area contributed by atoms with E-state index in [4.69, 9.17) is 0 Å². The van der Waals surface area contributed by atoms with E-state index >= 15 is 0 Å². The second-order valence-corrected chi connectivity index (χ2v) is 15.9. The predicted molar refractivity (Wildman–Crippen MR) is 210 cm³/mol. The number of halogens is 24. The maximum Gasteiger partial charge on any atom is 0.416 e. The predicted octanol–water partition coefficient (Wildman–Crippen LogP) is 12.8. The molecule has 0 amide bonds. The lowest BCUT2D eigenvalue weighted by molar-refractivity contribution is -0.683. The summed E-state index contributed by atoms with van der Waals surface area (Å²) in [6, 6.07) is -1.18. The molecule has 28 heteroatoms. The molecule has 0 aliphatic carbocycles. The van der Waals surface area contributed by atoms with Gasteiger partial charge in [-0.15, -0.1) is 0 Å². The molecule has 0 bridgehead atoms. The normalized spacial score (nSPS) is 13.4. The molecule has 392 valence electrons. The molecule has 0 atom stereocenters. The van der Waals surface area contributed by atoms with E-state index in [0.29, 0.717) is 6.54 Å². The van der Waals surface area contributed by atoms with Crippen LogP contribution in [0.5, 0.6) is 0 Å². The Labute approximate surface area is 393 Å². The lowest BCUT2D eigenvalue weighted by Crippen LogP contribution is -2.75. The summed E-state index contributed by atoms with van der Waals surface area (Å²) < 4.78 is 343. The van der Waals surface area contributed by atoms with Crippen molar-refractivity contribution in [1.29, 1.82) is 0 Å². The van der Waals surface area contributed by atoms with Crippen molar-refractivity contribution in [2.45, 2.75) is 62.9 Å². The first kappa shape index (κ1) is 57.1. The molecule has 6 aromatic rings. The first-order valence-electron chi connectivity index (χ1n) is 19.8. The zero-order chi connectivity index (χ0) is 55.3. The van der Waals surface area contributed by atoms with Crippen molar-refractivity contribution in [3.63, 3.8) is 0 Å². The molecule has 0 fully saturated rings. The number of aromatic nitrogens is 2. The molecule has 3 nitrogen and oxygen atoms in total. The number of benzene rings is 5. The van der Waals surface area contributed by atoms with Crippen molar-refractivity contribution in [3.8, 4) is 0 Å². The second kappa shape index (κ2) is 19.6. The molecule has 0 radical (unpaired) electrons. The van der Waals surface area contributed by atoms with Crippen molar-refractivity contribution in [1.82, 2.24) is 4.98 Å². The van der Waals surface area contributed by atoms with Gasteiger partial charge in [-0.1, -0.05) is 72.8 Å². The molecule has 1 aromatic heterocycles. The van der Waals surface area contributed by atoms with Crippen LogP contribution in [0.4, 0.5) is 105 Å². The van der Waals surface area contributed by atoms with Crippen LogP contribution in [0.2, 0.25) is 0 Å². The van der Waals surface area contributed by atoms with Crippen molar-refractivity contribution in [2.75, 3.05) is 0 Å². The van der Waals surface area contributed by atoms with E-state index in [1.165, 1.54) is 0 Å². The van der Waals surface area contributed by atoms with Crippen molar-refractivity contribution >= 4 is 33.8 Å². The maximum absolute atomic E-state index is 14.2. The maximum atomic E-state index is 14.2. The fourth-order valence-corrected chi connectivity index (χ4v) is 7.66. The van der Waals surface area contributed by atoms with Crippen LogP contribution in [-0.2, 0) is 56.0 Å². The molecule has 0 N–H and O–H groups in total. The molecule has 1 heterocycles. The van der Waals surface area contributed by atoms with E-state index in [9.17, 15) is 110 Å². The number of hydrogen-bond acceptors (Lipinski definition) is 2. The van der Waals surface area contributed by atoms with E-state index in [1.54, 1.807) is 24.8 Å². The number of ketones is 1. The number of rotatable bonds is 7. The minimum Gasteiger partial charge on any atom is -0.287 e. The van der Waals surface area contributed by atoms with Gasteiger partial charge >= 0.3 is 49.4 Å². The van der Waals surface area contributed by atoms with Gasteiger partial charge in [0.25, 0.3) is 0 Å². The molecule has 0 saturated carbocycles. The third-order valence-electron chi connectivity index (χ3n) is 10.9. The van der Waals surface area contributed by atoms with Gasteiger partial charge in [0.15, 0.2) is 12.4 Å². The molecule has 6 rings (SSSR count). The lowest BCUT2D eigenvalue weighted by atomic mass is 9.12. The molecule has 0 saturated heterocycles. The third-order valence-corrected chi connectivity index (χ3v) is 10.9. The molecule has 73 heavy (non-hydrogen) atoms. The highest BCUT2D eigenvalue weighted by Gasteiger charge is 2.47. The fraction of sp³-hybridized carbons (Fsp3) is 0.222.